The Kier molecular flexibility index (Phi) is 5.37. The van der Waals surface area contributed by atoms with Gasteiger partial charge in [0.05, 0.1) is 17.9 Å². The van der Waals surface area contributed by atoms with Crippen molar-refractivity contribution in [2.75, 3.05) is 17.3 Å². The molecule has 0 saturated carbocycles. The molecule has 0 unspecified atom stereocenters. The number of rotatable bonds is 5. The third-order valence-corrected chi connectivity index (χ3v) is 2.73. The van der Waals surface area contributed by atoms with Crippen LogP contribution in [0.5, 0.6) is 0 Å². The summed E-state index contributed by atoms with van der Waals surface area (Å²) in [6.45, 7) is 2.04. The van der Waals surface area contributed by atoms with Crippen LogP contribution in [0.2, 0.25) is 0 Å². The van der Waals surface area contributed by atoms with Gasteiger partial charge >= 0.3 is 12.0 Å². The Morgan fingerprint density at radius 2 is 1.73 bits per heavy atom. The number of hydrazine groups is 1. The molecule has 2 rings (SSSR count). The number of esters is 1. The second-order valence-electron chi connectivity index (χ2n) is 4.37. The van der Waals surface area contributed by atoms with E-state index >= 15 is 0 Å². The summed E-state index contributed by atoms with van der Waals surface area (Å²) in [5.41, 5.74) is 6.92. The van der Waals surface area contributed by atoms with Crippen LogP contribution in [0.4, 0.5) is 16.2 Å². The Bertz CT molecular complexity index is 644. The number of hydrogen-bond acceptors (Lipinski definition) is 4. The molecule has 0 aliphatic rings. The van der Waals surface area contributed by atoms with Crippen LogP contribution in [0.15, 0.2) is 54.6 Å². The summed E-state index contributed by atoms with van der Waals surface area (Å²) >= 11 is 0. The quantitative estimate of drug-likeness (QED) is 0.585. The zero-order valence-corrected chi connectivity index (χ0v) is 12.1. The largest absolute Gasteiger partial charge is 0.462 e. The molecule has 2 aromatic rings. The Balaban J connectivity index is 1.91. The van der Waals surface area contributed by atoms with Crippen LogP contribution in [0, 0.1) is 0 Å². The van der Waals surface area contributed by atoms with Gasteiger partial charge in [0.15, 0.2) is 0 Å². The Morgan fingerprint density at radius 3 is 2.45 bits per heavy atom. The van der Waals surface area contributed by atoms with Gasteiger partial charge in [0, 0.05) is 5.69 Å². The highest BCUT2D eigenvalue weighted by Crippen LogP contribution is 2.11. The molecule has 0 heterocycles. The van der Waals surface area contributed by atoms with Crippen molar-refractivity contribution in [1.29, 1.82) is 0 Å². The number of benzene rings is 2. The highest BCUT2D eigenvalue weighted by atomic mass is 16.5. The predicted octanol–water partition coefficient (Wildman–Crippen LogP) is 3.01. The van der Waals surface area contributed by atoms with Crippen molar-refractivity contribution in [3.63, 3.8) is 0 Å². The molecule has 6 heteroatoms. The zero-order valence-electron chi connectivity index (χ0n) is 12.1. The van der Waals surface area contributed by atoms with E-state index in [4.69, 9.17) is 4.74 Å². The second-order valence-corrected chi connectivity index (χ2v) is 4.37. The van der Waals surface area contributed by atoms with E-state index in [1.54, 1.807) is 31.2 Å². The van der Waals surface area contributed by atoms with Crippen LogP contribution < -0.4 is 16.2 Å². The minimum atomic E-state index is -0.440. The maximum absolute atomic E-state index is 11.8. The van der Waals surface area contributed by atoms with E-state index in [2.05, 4.69) is 16.2 Å². The number of hydrogen-bond donors (Lipinski definition) is 3. The van der Waals surface area contributed by atoms with Crippen LogP contribution in [0.25, 0.3) is 0 Å². The molecule has 0 aliphatic carbocycles. The van der Waals surface area contributed by atoms with Crippen molar-refractivity contribution in [2.45, 2.75) is 6.92 Å². The van der Waals surface area contributed by atoms with Crippen molar-refractivity contribution in [3.05, 3.63) is 60.2 Å². The van der Waals surface area contributed by atoms with Crippen molar-refractivity contribution in [2.24, 2.45) is 0 Å². The van der Waals surface area contributed by atoms with Crippen LogP contribution in [-0.4, -0.2) is 18.6 Å². The van der Waals surface area contributed by atoms with Crippen LogP contribution in [0.3, 0.4) is 0 Å². The number of carbonyl (C=O) groups is 2. The first-order valence-corrected chi connectivity index (χ1v) is 6.84. The molecule has 6 nitrogen and oxygen atoms in total. The standard InChI is InChI=1S/C16H17N3O3/c1-2-22-15(20)12-7-6-10-14(11-12)17-16(21)19-18-13-8-4-3-5-9-13/h3-11,18H,2H2,1H3,(H2,17,19,21). The van der Waals surface area contributed by atoms with E-state index in [0.29, 0.717) is 17.9 Å². The van der Waals surface area contributed by atoms with Crippen molar-refractivity contribution < 1.29 is 14.3 Å². The zero-order chi connectivity index (χ0) is 15.8. The summed E-state index contributed by atoms with van der Waals surface area (Å²) in [5, 5.41) is 2.63. The van der Waals surface area contributed by atoms with E-state index in [-0.39, 0.29) is 0 Å². The third-order valence-electron chi connectivity index (χ3n) is 2.73. The molecule has 22 heavy (non-hydrogen) atoms. The van der Waals surface area contributed by atoms with Gasteiger partial charge in [-0.05, 0) is 37.3 Å². The molecule has 0 saturated heterocycles. The van der Waals surface area contributed by atoms with Crippen LogP contribution >= 0.6 is 0 Å². The minimum absolute atomic E-state index is 0.304. The lowest BCUT2D eigenvalue weighted by molar-refractivity contribution is 0.0526. The number of ether oxygens (including phenoxy) is 1. The molecule has 0 aliphatic heterocycles. The Morgan fingerprint density at radius 1 is 1.00 bits per heavy atom. The molecular weight excluding hydrogens is 282 g/mol. The van der Waals surface area contributed by atoms with E-state index in [1.807, 2.05) is 30.3 Å². The van der Waals surface area contributed by atoms with Crippen molar-refractivity contribution >= 4 is 23.4 Å². The number of amides is 2. The molecule has 2 amide bonds. The van der Waals surface area contributed by atoms with E-state index in [9.17, 15) is 9.59 Å². The number of carbonyl (C=O) groups excluding carboxylic acids is 2. The topological polar surface area (TPSA) is 79.5 Å². The molecule has 0 bridgehead atoms. The maximum atomic E-state index is 11.8. The fourth-order valence-corrected chi connectivity index (χ4v) is 1.75. The van der Waals surface area contributed by atoms with Crippen LogP contribution in [0.1, 0.15) is 17.3 Å². The maximum Gasteiger partial charge on any atom is 0.338 e. The van der Waals surface area contributed by atoms with Gasteiger partial charge in [-0.3, -0.25) is 10.9 Å². The summed E-state index contributed by atoms with van der Waals surface area (Å²) in [5.74, 6) is -0.422. The molecule has 0 spiro atoms. The normalized spacial score (nSPS) is 9.68. The number of anilines is 2. The molecule has 0 atom stereocenters. The van der Waals surface area contributed by atoms with Gasteiger partial charge in [0.25, 0.3) is 0 Å². The number of urea groups is 1. The van der Waals surface area contributed by atoms with Gasteiger partial charge in [-0.1, -0.05) is 24.3 Å². The van der Waals surface area contributed by atoms with Gasteiger partial charge in [-0.2, -0.15) is 0 Å². The average molecular weight is 299 g/mol. The SMILES string of the molecule is CCOC(=O)c1cccc(NC(=O)NNc2ccccc2)c1. The molecule has 0 fully saturated rings. The fraction of sp³-hybridized carbons (Fsp3) is 0.125. The summed E-state index contributed by atoms with van der Waals surface area (Å²) in [6, 6.07) is 15.3. The summed E-state index contributed by atoms with van der Waals surface area (Å²) in [6.07, 6.45) is 0. The van der Waals surface area contributed by atoms with Gasteiger partial charge in [-0.15, -0.1) is 0 Å². The van der Waals surface area contributed by atoms with E-state index < -0.39 is 12.0 Å². The third kappa shape index (κ3) is 4.52. The summed E-state index contributed by atoms with van der Waals surface area (Å²) < 4.78 is 4.91. The van der Waals surface area contributed by atoms with Gasteiger partial charge in [0.1, 0.15) is 0 Å². The van der Waals surface area contributed by atoms with E-state index in [1.165, 1.54) is 0 Å². The van der Waals surface area contributed by atoms with Gasteiger partial charge < -0.3 is 10.1 Å². The smallest absolute Gasteiger partial charge is 0.338 e. The summed E-state index contributed by atoms with van der Waals surface area (Å²) in [7, 11) is 0. The highest BCUT2D eigenvalue weighted by molar-refractivity contribution is 5.94. The van der Waals surface area contributed by atoms with Crippen molar-refractivity contribution in [3.8, 4) is 0 Å². The lowest BCUT2D eigenvalue weighted by Gasteiger charge is -2.10. The summed E-state index contributed by atoms with van der Waals surface area (Å²) in [4.78, 5) is 23.4. The van der Waals surface area contributed by atoms with E-state index in [0.717, 1.165) is 5.69 Å². The number of nitrogens with one attached hydrogen (secondary N) is 3. The van der Waals surface area contributed by atoms with Crippen molar-refractivity contribution in [1.82, 2.24) is 5.43 Å². The number of para-hydroxylation sites is 1. The minimum Gasteiger partial charge on any atom is -0.462 e. The highest BCUT2D eigenvalue weighted by Gasteiger charge is 2.08. The first-order chi connectivity index (χ1) is 10.7. The molecular formula is C16H17N3O3. The lowest BCUT2D eigenvalue weighted by Crippen LogP contribution is -2.33. The molecule has 114 valence electrons. The molecule has 2 aromatic carbocycles. The molecule has 3 N–H and O–H groups in total. The Labute approximate surface area is 128 Å². The van der Waals surface area contributed by atoms with Crippen LogP contribution in [-0.2, 0) is 4.74 Å². The molecule has 0 radical (unpaired) electrons. The first-order valence-electron chi connectivity index (χ1n) is 6.84. The fourth-order valence-electron chi connectivity index (χ4n) is 1.75. The lowest BCUT2D eigenvalue weighted by atomic mass is 10.2. The molecule has 0 aromatic heterocycles. The first kappa shape index (κ1) is 15.4. The monoisotopic (exact) mass is 299 g/mol. The predicted molar refractivity (Wildman–Crippen MR) is 84.6 cm³/mol. The average Bonchev–Trinajstić information content (AvgIpc) is 2.54. The van der Waals surface area contributed by atoms with Gasteiger partial charge in [0.2, 0.25) is 0 Å². The van der Waals surface area contributed by atoms with Gasteiger partial charge in [-0.25, -0.2) is 9.59 Å². The second kappa shape index (κ2) is 7.68. The Hall–Kier alpha value is -3.02.